The van der Waals surface area contributed by atoms with Gasteiger partial charge in [0.2, 0.25) is 0 Å². The van der Waals surface area contributed by atoms with Gasteiger partial charge in [0.05, 0.1) is 11.0 Å². The number of fused-ring (bicyclic) bond motifs is 1. The van der Waals surface area contributed by atoms with Gasteiger partial charge in [-0.3, -0.25) is 4.79 Å². The lowest BCUT2D eigenvalue weighted by Gasteiger charge is -2.01. The molecule has 15 heavy (non-hydrogen) atoms. The molecule has 1 aromatic heterocycles. The fourth-order valence-electron chi connectivity index (χ4n) is 1.37. The summed E-state index contributed by atoms with van der Waals surface area (Å²) in [5, 5.41) is 18.0. The van der Waals surface area contributed by atoms with Gasteiger partial charge in [-0.25, -0.2) is 4.98 Å². The number of phenolic OH excluding ortho intramolecular Hbond substituents is 1. The Balaban J connectivity index is 2.65. The van der Waals surface area contributed by atoms with Gasteiger partial charge in [0, 0.05) is 6.07 Å². The maximum absolute atomic E-state index is 10.6. The topological polar surface area (TPSA) is 75.3 Å². The van der Waals surface area contributed by atoms with Crippen LogP contribution in [0.2, 0.25) is 0 Å². The van der Waals surface area contributed by atoms with E-state index in [0.29, 0.717) is 15.8 Å². The zero-order chi connectivity index (χ0) is 11.0. The Kier molecular flexibility index (Phi) is 2.36. The number of carboxylic acids is 1. The number of imidazole rings is 1. The summed E-state index contributed by atoms with van der Waals surface area (Å²) >= 11 is 3.17. The van der Waals surface area contributed by atoms with Crippen molar-refractivity contribution in [2.24, 2.45) is 0 Å². The van der Waals surface area contributed by atoms with Crippen LogP contribution in [0.1, 0.15) is 0 Å². The van der Waals surface area contributed by atoms with Crippen LogP contribution < -0.4 is 0 Å². The van der Waals surface area contributed by atoms with E-state index >= 15 is 0 Å². The second kappa shape index (κ2) is 3.54. The molecule has 0 aliphatic carbocycles. The molecule has 0 saturated heterocycles. The van der Waals surface area contributed by atoms with Crippen molar-refractivity contribution in [3.05, 3.63) is 22.9 Å². The Labute approximate surface area is 93.1 Å². The summed E-state index contributed by atoms with van der Waals surface area (Å²) in [6, 6.07) is 4.62. The van der Waals surface area contributed by atoms with Crippen LogP contribution in [0.15, 0.2) is 22.9 Å². The van der Waals surface area contributed by atoms with Crippen LogP contribution in [-0.4, -0.2) is 25.7 Å². The van der Waals surface area contributed by atoms with E-state index in [1.165, 1.54) is 16.7 Å². The van der Waals surface area contributed by atoms with E-state index in [2.05, 4.69) is 20.9 Å². The molecule has 0 fully saturated rings. The molecule has 0 bridgehead atoms. The van der Waals surface area contributed by atoms with E-state index in [0.717, 1.165) is 0 Å². The molecule has 2 rings (SSSR count). The quantitative estimate of drug-likeness (QED) is 0.869. The van der Waals surface area contributed by atoms with Crippen LogP contribution in [-0.2, 0) is 11.3 Å². The number of hydrogen-bond donors (Lipinski definition) is 2. The molecule has 0 atom stereocenters. The molecule has 0 aliphatic rings. The van der Waals surface area contributed by atoms with Gasteiger partial charge in [-0.05, 0) is 28.1 Å². The summed E-state index contributed by atoms with van der Waals surface area (Å²) in [5.74, 6) is -0.875. The fourth-order valence-corrected chi connectivity index (χ4v) is 1.87. The maximum Gasteiger partial charge on any atom is 0.323 e. The van der Waals surface area contributed by atoms with Gasteiger partial charge in [0.15, 0.2) is 4.73 Å². The SMILES string of the molecule is O=C(O)Cn1c(Br)nc2ccc(O)cc21. The van der Waals surface area contributed by atoms with Crippen molar-refractivity contribution in [1.29, 1.82) is 0 Å². The van der Waals surface area contributed by atoms with Gasteiger partial charge in [-0.15, -0.1) is 0 Å². The van der Waals surface area contributed by atoms with E-state index in [-0.39, 0.29) is 12.3 Å². The summed E-state index contributed by atoms with van der Waals surface area (Å²) < 4.78 is 1.91. The molecule has 5 nitrogen and oxygen atoms in total. The minimum atomic E-state index is -0.960. The van der Waals surface area contributed by atoms with Gasteiger partial charge < -0.3 is 14.8 Å². The van der Waals surface area contributed by atoms with Crippen LogP contribution in [0.5, 0.6) is 5.75 Å². The summed E-state index contributed by atoms with van der Waals surface area (Å²) in [4.78, 5) is 14.7. The molecule has 0 amide bonds. The monoisotopic (exact) mass is 270 g/mol. The third-order valence-corrected chi connectivity index (χ3v) is 2.58. The van der Waals surface area contributed by atoms with E-state index in [1.54, 1.807) is 6.07 Å². The predicted octanol–water partition coefficient (Wildman–Crippen LogP) is 1.59. The number of carboxylic acid groups (broad SMARTS) is 1. The number of nitrogens with zero attached hydrogens (tertiary/aromatic N) is 2. The van der Waals surface area contributed by atoms with Crippen molar-refractivity contribution in [2.75, 3.05) is 0 Å². The Morgan fingerprint density at radius 2 is 2.27 bits per heavy atom. The summed E-state index contributed by atoms with van der Waals surface area (Å²) in [7, 11) is 0. The first-order chi connectivity index (χ1) is 7.08. The first-order valence-electron chi connectivity index (χ1n) is 4.14. The highest BCUT2D eigenvalue weighted by Gasteiger charge is 2.11. The molecule has 1 aromatic carbocycles. The molecule has 0 spiro atoms. The second-order valence-electron chi connectivity index (χ2n) is 3.03. The van der Waals surface area contributed by atoms with Crippen molar-refractivity contribution in [2.45, 2.75) is 6.54 Å². The lowest BCUT2D eigenvalue weighted by atomic mass is 10.3. The van der Waals surface area contributed by atoms with Gasteiger partial charge in [-0.2, -0.15) is 0 Å². The van der Waals surface area contributed by atoms with Crippen LogP contribution in [0.25, 0.3) is 11.0 Å². The number of halogens is 1. The third kappa shape index (κ3) is 1.80. The van der Waals surface area contributed by atoms with E-state index in [1.807, 2.05) is 0 Å². The first-order valence-corrected chi connectivity index (χ1v) is 4.94. The lowest BCUT2D eigenvalue weighted by Crippen LogP contribution is -2.08. The Bertz CT molecular complexity index is 535. The highest BCUT2D eigenvalue weighted by atomic mass is 79.9. The smallest absolute Gasteiger partial charge is 0.323 e. The van der Waals surface area contributed by atoms with Gasteiger partial charge in [-0.1, -0.05) is 0 Å². The number of aromatic hydroxyl groups is 1. The van der Waals surface area contributed by atoms with Crippen molar-refractivity contribution in [3.63, 3.8) is 0 Å². The van der Waals surface area contributed by atoms with Crippen molar-refractivity contribution >= 4 is 32.9 Å². The van der Waals surface area contributed by atoms with E-state index < -0.39 is 5.97 Å². The number of aliphatic carboxylic acids is 1. The van der Waals surface area contributed by atoms with Crippen LogP contribution in [0.3, 0.4) is 0 Å². The molecule has 6 heteroatoms. The molecule has 78 valence electrons. The van der Waals surface area contributed by atoms with Crippen LogP contribution in [0.4, 0.5) is 0 Å². The summed E-state index contributed by atoms with van der Waals surface area (Å²) in [6.45, 7) is -0.194. The van der Waals surface area contributed by atoms with Crippen molar-refractivity contribution < 1.29 is 15.0 Å². The Hall–Kier alpha value is -1.56. The van der Waals surface area contributed by atoms with E-state index in [9.17, 15) is 9.90 Å². The molecule has 0 aliphatic heterocycles. The summed E-state index contributed by atoms with van der Waals surface area (Å²) in [6.07, 6.45) is 0. The number of benzene rings is 1. The molecule has 0 unspecified atom stereocenters. The number of aromatic nitrogens is 2. The molecule has 0 radical (unpaired) electrons. The van der Waals surface area contributed by atoms with Gasteiger partial charge in [0.25, 0.3) is 0 Å². The largest absolute Gasteiger partial charge is 0.508 e. The average molecular weight is 271 g/mol. The third-order valence-electron chi connectivity index (χ3n) is 1.98. The molecular weight excluding hydrogens is 264 g/mol. The first kappa shape index (κ1) is 9.97. The van der Waals surface area contributed by atoms with Crippen molar-refractivity contribution in [3.8, 4) is 5.75 Å². The number of carbonyl (C=O) groups is 1. The van der Waals surface area contributed by atoms with Gasteiger partial charge in [0.1, 0.15) is 12.3 Å². The molecule has 0 saturated carbocycles. The normalized spacial score (nSPS) is 10.7. The fraction of sp³-hybridized carbons (Fsp3) is 0.111. The maximum atomic E-state index is 10.6. The molecular formula is C9H7BrN2O3. The minimum Gasteiger partial charge on any atom is -0.508 e. The van der Waals surface area contributed by atoms with Crippen LogP contribution in [0, 0.1) is 0 Å². The Morgan fingerprint density at radius 1 is 1.53 bits per heavy atom. The highest BCUT2D eigenvalue weighted by molar-refractivity contribution is 9.10. The standard InChI is InChI=1S/C9H7BrN2O3/c10-9-11-6-2-1-5(13)3-7(6)12(9)4-8(14)15/h1-3,13H,4H2,(H,14,15). The summed E-state index contributed by atoms with van der Waals surface area (Å²) in [5.41, 5.74) is 1.23. The number of hydrogen-bond acceptors (Lipinski definition) is 3. The Morgan fingerprint density at radius 3 is 2.93 bits per heavy atom. The zero-order valence-electron chi connectivity index (χ0n) is 7.51. The molecule has 2 N–H and O–H groups in total. The second-order valence-corrected chi connectivity index (χ2v) is 3.74. The zero-order valence-corrected chi connectivity index (χ0v) is 9.10. The highest BCUT2D eigenvalue weighted by Crippen LogP contribution is 2.23. The van der Waals surface area contributed by atoms with Gasteiger partial charge >= 0.3 is 5.97 Å². The molecule has 2 aromatic rings. The molecule has 1 heterocycles. The minimum absolute atomic E-state index is 0.0848. The average Bonchev–Trinajstić information content (AvgIpc) is 2.43. The van der Waals surface area contributed by atoms with Crippen LogP contribution >= 0.6 is 15.9 Å². The van der Waals surface area contributed by atoms with E-state index in [4.69, 9.17) is 5.11 Å². The predicted molar refractivity (Wildman–Crippen MR) is 56.7 cm³/mol. The van der Waals surface area contributed by atoms with Crippen molar-refractivity contribution in [1.82, 2.24) is 9.55 Å². The number of phenols is 1. The number of rotatable bonds is 2. The lowest BCUT2D eigenvalue weighted by molar-refractivity contribution is -0.137.